The maximum atomic E-state index is 7.92. The summed E-state index contributed by atoms with van der Waals surface area (Å²) in [5, 5.41) is 15.8. The van der Waals surface area contributed by atoms with Gasteiger partial charge in [-0.05, 0) is 6.32 Å². The maximum Gasteiger partial charge on any atom is 0.451 e. The van der Waals surface area contributed by atoms with Crippen LogP contribution in [0.5, 0.6) is 0 Å². The third-order valence-electron chi connectivity index (χ3n) is 0.558. The lowest BCUT2D eigenvalue weighted by atomic mass is 9.88. The van der Waals surface area contributed by atoms with Gasteiger partial charge in [0, 0.05) is 0 Å². The Balaban J connectivity index is 0. The molecule has 0 radical (unpaired) electrons. The lowest BCUT2D eigenvalue weighted by Gasteiger charge is -1.81. The highest BCUT2D eigenvalue weighted by molar-refractivity contribution is 6.40. The van der Waals surface area contributed by atoms with Crippen LogP contribution in [0.1, 0.15) is 6.92 Å². The highest BCUT2D eigenvalue weighted by Gasteiger charge is 1.96. The molecule has 0 heterocycles. The molecule has 0 unspecified atom stereocenters. The van der Waals surface area contributed by atoms with E-state index >= 15 is 0 Å². The SMILES string of the molecule is C=COC=C.CCB(O)O. The third-order valence-corrected chi connectivity index (χ3v) is 0.558. The minimum Gasteiger partial charge on any atom is -0.474 e. The predicted molar refractivity (Wildman–Crippen MR) is 42.2 cm³/mol. The summed E-state index contributed by atoms with van der Waals surface area (Å²) >= 11 is 0. The van der Waals surface area contributed by atoms with Crippen LogP contribution in [-0.2, 0) is 4.74 Å². The summed E-state index contributed by atoms with van der Waals surface area (Å²) < 4.78 is 4.36. The van der Waals surface area contributed by atoms with Crippen molar-refractivity contribution in [3.8, 4) is 0 Å². The van der Waals surface area contributed by atoms with Crippen LogP contribution in [-0.4, -0.2) is 17.2 Å². The topological polar surface area (TPSA) is 49.7 Å². The summed E-state index contributed by atoms with van der Waals surface area (Å²) in [6.45, 7) is 8.21. The van der Waals surface area contributed by atoms with Gasteiger partial charge in [0.2, 0.25) is 0 Å². The molecule has 4 heteroatoms. The van der Waals surface area contributed by atoms with Gasteiger partial charge in [0.05, 0.1) is 12.5 Å². The van der Waals surface area contributed by atoms with Gasteiger partial charge in [0.15, 0.2) is 0 Å². The summed E-state index contributed by atoms with van der Waals surface area (Å²) in [7, 11) is -1.12. The summed E-state index contributed by atoms with van der Waals surface area (Å²) in [5.74, 6) is 0. The Morgan fingerprint density at radius 1 is 1.40 bits per heavy atom. The molecule has 0 aliphatic rings. The first-order valence-corrected chi connectivity index (χ1v) is 2.92. The molecule has 2 N–H and O–H groups in total. The molecule has 0 atom stereocenters. The van der Waals surface area contributed by atoms with E-state index in [0.717, 1.165) is 0 Å². The molecule has 0 saturated heterocycles. The van der Waals surface area contributed by atoms with Crippen molar-refractivity contribution >= 4 is 7.12 Å². The second kappa shape index (κ2) is 11.1. The van der Waals surface area contributed by atoms with Gasteiger partial charge in [-0.15, -0.1) is 0 Å². The van der Waals surface area contributed by atoms with Gasteiger partial charge in [-0.3, -0.25) is 0 Å². The second-order valence-electron chi connectivity index (χ2n) is 1.36. The zero-order chi connectivity index (χ0) is 8.41. The van der Waals surface area contributed by atoms with E-state index < -0.39 is 7.12 Å². The fourth-order valence-electron chi connectivity index (χ4n) is 0.0680. The molecular weight excluding hydrogens is 131 g/mol. The molecule has 0 rings (SSSR count). The molecule has 0 saturated carbocycles. The zero-order valence-electron chi connectivity index (χ0n) is 6.16. The third kappa shape index (κ3) is 26.7. The Kier molecular flexibility index (Phi) is 13.3. The van der Waals surface area contributed by atoms with E-state index in [1.807, 2.05) is 0 Å². The quantitative estimate of drug-likeness (QED) is 0.454. The molecule has 10 heavy (non-hydrogen) atoms. The zero-order valence-corrected chi connectivity index (χ0v) is 6.16. The lowest BCUT2D eigenvalue weighted by Crippen LogP contribution is -2.06. The van der Waals surface area contributed by atoms with Crippen molar-refractivity contribution < 1.29 is 14.8 Å². The van der Waals surface area contributed by atoms with Crippen LogP contribution >= 0.6 is 0 Å². The molecule has 0 amide bonds. The van der Waals surface area contributed by atoms with Crippen LogP contribution in [0.15, 0.2) is 25.7 Å². The van der Waals surface area contributed by atoms with Crippen LogP contribution in [0.25, 0.3) is 0 Å². The van der Waals surface area contributed by atoms with E-state index in [2.05, 4.69) is 17.9 Å². The maximum absolute atomic E-state index is 7.92. The largest absolute Gasteiger partial charge is 0.474 e. The highest BCUT2D eigenvalue weighted by Crippen LogP contribution is 1.74. The first-order chi connectivity index (χ1) is 4.68. The van der Waals surface area contributed by atoms with Crippen molar-refractivity contribution in [2.75, 3.05) is 0 Å². The van der Waals surface area contributed by atoms with E-state index in [1.165, 1.54) is 12.5 Å². The van der Waals surface area contributed by atoms with Crippen LogP contribution in [0, 0.1) is 0 Å². The molecule has 0 aromatic carbocycles. The average molecular weight is 144 g/mol. The Hall–Kier alpha value is -0.735. The van der Waals surface area contributed by atoms with Crippen molar-refractivity contribution in [3.63, 3.8) is 0 Å². The molecule has 0 aliphatic heterocycles. The smallest absolute Gasteiger partial charge is 0.451 e. The van der Waals surface area contributed by atoms with Crippen molar-refractivity contribution in [3.05, 3.63) is 25.7 Å². The van der Waals surface area contributed by atoms with E-state index in [4.69, 9.17) is 10.0 Å². The van der Waals surface area contributed by atoms with Gasteiger partial charge in [-0.1, -0.05) is 20.1 Å². The predicted octanol–water partition coefficient (Wildman–Crippen LogP) is 0.769. The minimum atomic E-state index is -1.12. The molecule has 58 valence electrons. The molecular formula is C6H13BO3. The molecule has 0 aliphatic carbocycles. The van der Waals surface area contributed by atoms with Gasteiger partial charge in [0.25, 0.3) is 0 Å². The van der Waals surface area contributed by atoms with E-state index in [0.29, 0.717) is 6.32 Å². The van der Waals surface area contributed by atoms with Gasteiger partial charge in [-0.25, -0.2) is 0 Å². The summed E-state index contributed by atoms with van der Waals surface area (Å²) in [4.78, 5) is 0. The first kappa shape index (κ1) is 12.0. The van der Waals surface area contributed by atoms with Crippen LogP contribution < -0.4 is 0 Å². The molecule has 0 aromatic rings. The van der Waals surface area contributed by atoms with Crippen molar-refractivity contribution in [1.29, 1.82) is 0 Å². The minimum absolute atomic E-state index is 0.417. The molecule has 0 bridgehead atoms. The fourth-order valence-corrected chi connectivity index (χ4v) is 0.0680. The normalized spacial score (nSPS) is 6.70. The number of ether oxygens (including phenoxy) is 1. The van der Waals surface area contributed by atoms with Crippen LogP contribution in [0.3, 0.4) is 0 Å². The summed E-state index contributed by atoms with van der Waals surface area (Å²) in [5.41, 5.74) is 0. The lowest BCUT2D eigenvalue weighted by molar-refractivity contribution is 0.406. The van der Waals surface area contributed by atoms with Gasteiger partial charge in [-0.2, -0.15) is 0 Å². The Morgan fingerprint density at radius 2 is 1.70 bits per heavy atom. The molecule has 0 spiro atoms. The van der Waals surface area contributed by atoms with Crippen molar-refractivity contribution in [2.45, 2.75) is 13.2 Å². The summed E-state index contributed by atoms with van der Waals surface area (Å²) in [6, 6.07) is 0. The van der Waals surface area contributed by atoms with E-state index in [9.17, 15) is 0 Å². The van der Waals surface area contributed by atoms with Crippen LogP contribution in [0.4, 0.5) is 0 Å². The average Bonchev–Trinajstić information content (AvgIpc) is 1.91. The highest BCUT2D eigenvalue weighted by atomic mass is 16.5. The van der Waals surface area contributed by atoms with Gasteiger partial charge in [0.1, 0.15) is 0 Å². The Bertz CT molecular complexity index is 77.1. The molecule has 3 nitrogen and oxygen atoms in total. The standard InChI is InChI=1S/C4H6O.C2H7BO2/c1-3-5-4-2;1-2-3(4)5/h3-4H,1-2H2;4-5H,2H2,1H3. The van der Waals surface area contributed by atoms with Gasteiger partial charge < -0.3 is 14.8 Å². The molecule has 0 fully saturated rings. The Morgan fingerprint density at radius 3 is 1.70 bits per heavy atom. The molecule has 0 aromatic heterocycles. The van der Waals surface area contributed by atoms with Crippen LogP contribution in [0.2, 0.25) is 6.32 Å². The van der Waals surface area contributed by atoms with Crippen molar-refractivity contribution in [1.82, 2.24) is 0 Å². The summed E-state index contributed by atoms with van der Waals surface area (Å²) in [6.07, 6.45) is 3.04. The van der Waals surface area contributed by atoms with E-state index in [1.54, 1.807) is 6.92 Å². The first-order valence-electron chi connectivity index (χ1n) is 2.92. The monoisotopic (exact) mass is 144 g/mol. The number of hydrogen-bond acceptors (Lipinski definition) is 3. The Labute approximate surface area is 61.8 Å². The second-order valence-corrected chi connectivity index (χ2v) is 1.36. The van der Waals surface area contributed by atoms with Crippen molar-refractivity contribution in [2.24, 2.45) is 0 Å². The number of rotatable bonds is 3. The van der Waals surface area contributed by atoms with E-state index in [-0.39, 0.29) is 0 Å². The fraction of sp³-hybridized carbons (Fsp3) is 0.333. The number of hydrogen-bond donors (Lipinski definition) is 2. The van der Waals surface area contributed by atoms with Gasteiger partial charge >= 0.3 is 7.12 Å².